The van der Waals surface area contributed by atoms with Gasteiger partial charge in [0.05, 0.1) is 39.5 Å². The molecule has 0 aliphatic heterocycles. The smallest absolute Gasteiger partial charge is 0.308 e. The van der Waals surface area contributed by atoms with Crippen molar-refractivity contribution in [3.05, 3.63) is 71.8 Å². The van der Waals surface area contributed by atoms with E-state index in [1.54, 1.807) is 0 Å². The Hall–Kier alpha value is -2.21. The van der Waals surface area contributed by atoms with Crippen LogP contribution >= 0.6 is 0 Å². The molecule has 0 aliphatic carbocycles. The molecule has 1 atom stereocenters. The van der Waals surface area contributed by atoms with Crippen molar-refractivity contribution in [2.24, 2.45) is 0 Å². The number of ether oxygens (including phenoxy) is 2. The van der Waals surface area contributed by atoms with E-state index in [1.807, 2.05) is 60.7 Å². The molecule has 0 amide bonds. The zero-order valence-corrected chi connectivity index (χ0v) is 13.8. The Morgan fingerprint density at radius 3 is 2.00 bits per heavy atom. The second-order valence-corrected chi connectivity index (χ2v) is 4.92. The number of hydrogen-bond donors (Lipinski definition) is 2. The van der Waals surface area contributed by atoms with Crippen LogP contribution in [0.2, 0.25) is 0 Å². The third-order valence-corrected chi connectivity index (χ3v) is 3.15. The van der Waals surface area contributed by atoms with E-state index in [0.717, 1.165) is 11.1 Å². The summed E-state index contributed by atoms with van der Waals surface area (Å²) in [6.07, 6.45) is -0.0725. The summed E-state index contributed by atoms with van der Waals surface area (Å²) in [4.78, 5) is 11.5. The predicted octanol–water partition coefficient (Wildman–Crippen LogP) is 2.48. The first-order valence-corrected chi connectivity index (χ1v) is 7.70. The van der Waals surface area contributed by atoms with Gasteiger partial charge in [0.25, 0.3) is 0 Å². The van der Waals surface area contributed by atoms with E-state index in [-0.39, 0.29) is 31.7 Å². The Morgan fingerprint density at radius 1 is 0.958 bits per heavy atom. The molecule has 5 heteroatoms. The van der Waals surface area contributed by atoms with Crippen molar-refractivity contribution in [1.29, 1.82) is 0 Å². The first-order chi connectivity index (χ1) is 11.7. The zero-order chi connectivity index (χ0) is 17.6. The normalized spacial score (nSPS) is 11.1. The van der Waals surface area contributed by atoms with Gasteiger partial charge in [-0.3, -0.25) is 4.79 Å². The molecule has 0 spiro atoms. The van der Waals surface area contributed by atoms with Crippen molar-refractivity contribution in [1.82, 2.24) is 0 Å². The van der Waals surface area contributed by atoms with E-state index in [4.69, 9.17) is 19.7 Å². The maximum Gasteiger partial charge on any atom is 0.308 e. The van der Waals surface area contributed by atoms with Gasteiger partial charge in [0, 0.05) is 0 Å². The largest absolute Gasteiger partial charge is 0.469 e. The number of carbonyl (C=O) groups is 1. The summed E-state index contributed by atoms with van der Waals surface area (Å²) < 4.78 is 10.6. The van der Waals surface area contributed by atoms with Gasteiger partial charge in [-0.1, -0.05) is 60.7 Å². The summed E-state index contributed by atoms with van der Waals surface area (Å²) in [5.74, 6) is -0.271. The Morgan fingerprint density at radius 2 is 1.50 bits per heavy atom. The molecule has 2 aromatic rings. The average molecular weight is 332 g/mol. The maximum atomic E-state index is 11.5. The van der Waals surface area contributed by atoms with Crippen molar-refractivity contribution in [3.8, 4) is 0 Å². The molecular weight excluding hydrogens is 308 g/mol. The first-order valence-electron chi connectivity index (χ1n) is 7.70. The van der Waals surface area contributed by atoms with Crippen LogP contribution in [0.15, 0.2) is 60.7 Å². The lowest BCUT2D eigenvalue weighted by atomic mass is 10.1. The van der Waals surface area contributed by atoms with Crippen molar-refractivity contribution < 1.29 is 24.5 Å². The second kappa shape index (κ2) is 12.2. The van der Waals surface area contributed by atoms with Crippen LogP contribution in [0, 0.1) is 0 Å². The van der Waals surface area contributed by atoms with Crippen LogP contribution < -0.4 is 0 Å². The lowest BCUT2D eigenvalue weighted by Crippen LogP contribution is -2.12. The summed E-state index contributed by atoms with van der Waals surface area (Å²) in [6, 6.07) is 19.6. The average Bonchev–Trinajstić information content (AvgIpc) is 2.66. The van der Waals surface area contributed by atoms with E-state index in [0.29, 0.717) is 6.61 Å². The van der Waals surface area contributed by atoms with Gasteiger partial charge in [-0.2, -0.15) is 0 Å². The van der Waals surface area contributed by atoms with Gasteiger partial charge in [-0.15, -0.1) is 0 Å². The van der Waals surface area contributed by atoms with E-state index >= 15 is 0 Å². The number of esters is 1. The fourth-order valence-electron chi connectivity index (χ4n) is 1.95. The third-order valence-electron chi connectivity index (χ3n) is 3.15. The molecule has 2 rings (SSSR count). The van der Waals surface area contributed by atoms with Gasteiger partial charge >= 0.3 is 5.97 Å². The topological polar surface area (TPSA) is 76.0 Å². The quantitative estimate of drug-likeness (QED) is 0.762. The van der Waals surface area contributed by atoms with Crippen molar-refractivity contribution in [2.75, 3.05) is 20.3 Å². The highest BCUT2D eigenvalue weighted by Crippen LogP contribution is 2.23. The van der Waals surface area contributed by atoms with E-state index in [9.17, 15) is 4.79 Å². The number of hydrogen-bond acceptors (Lipinski definition) is 5. The van der Waals surface area contributed by atoms with Crippen LogP contribution in [0.3, 0.4) is 0 Å². The molecule has 24 heavy (non-hydrogen) atoms. The number of carbonyl (C=O) groups excluding carboxylic acids is 1. The fraction of sp³-hybridized carbons (Fsp3) is 0.316. The van der Waals surface area contributed by atoms with Crippen LogP contribution in [-0.4, -0.2) is 36.5 Å². The molecule has 0 bridgehead atoms. The predicted molar refractivity (Wildman–Crippen MR) is 91.2 cm³/mol. The van der Waals surface area contributed by atoms with Gasteiger partial charge < -0.3 is 19.7 Å². The summed E-state index contributed by atoms with van der Waals surface area (Å²) in [5, 5.41) is 15.2. The van der Waals surface area contributed by atoms with Gasteiger partial charge in [0.1, 0.15) is 0 Å². The Labute approximate surface area is 142 Å². The first kappa shape index (κ1) is 19.8. The molecule has 1 unspecified atom stereocenters. The van der Waals surface area contributed by atoms with Crippen molar-refractivity contribution in [2.45, 2.75) is 19.1 Å². The molecule has 5 nitrogen and oxygen atoms in total. The lowest BCUT2D eigenvalue weighted by molar-refractivity contribution is -0.144. The fourth-order valence-corrected chi connectivity index (χ4v) is 1.95. The van der Waals surface area contributed by atoms with Crippen LogP contribution in [0.5, 0.6) is 0 Å². The highest BCUT2D eigenvalue weighted by Gasteiger charge is 2.17. The van der Waals surface area contributed by atoms with Gasteiger partial charge in [0.15, 0.2) is 0 Å². The minimum Gasteiger partial charge on any atom is -0.469 e. The summed E-state index contributed by atoms with van der Waals surface area (Å²) >= 11 is 0. The molecule has 130 valence electrons. The lowest BCUT2D eigenvalue weighted by Gasteiger charge is -2.17. The number of methoxy groups -OCH3 is 1. The number of benzene rings is 2. The highest BCUT2D eigenvalue weighted by molar-refractivity contribution is 5.70. The standard InChI is InChI=1S/C17H18O3.C2H6O2/c1-19-17(18)12-16(15-10-6-3-7-11-15)20-13-14-8-4-2-5-9-14;3-1-2-4/h2-11,16H,12-13H2,1H3;3-4H,1-2H2. The van der Waals surface area contributed by atoms with Crippen LogP contribution in [0.4, 0.5) is 0 Å². The number of aliphatic hydroxyl groups excluding tert-OH is 2. The highest BCUT2D eigenvalue weighted by atomic mass is 16.5. The summed E-state index contributed by atoms with van der Waals surface area (Å²) in [7, 11) is 1.39. The molecule has 0 aliphatic rings. The summed E-state index contributed by atoms with van der Waals surface area (Å²) in [5.41, 5.74) is 2.06. The maximum absolute atomic E-state index is 11.5. The van der Waals surface area contributed by atoms with Crippen molar-refractivity contribution >= 4 is 5.97 Å². The monoisotopic (exact) mass is 332 g/mol. The van der Waals surface area contributed by atoms with Gasteiger partial charge in [-0.25, -0.2) is 0 Å². The molecule has 2 aromatic carbocycles. The minimum atomic E-state index is -0.288. The molecule has 0 saturated heterocycles. The number of aliphatic hydroxyl groups is 2. The Kier molecular flexibility index (Phi) is 10.1. The van der Waals surface area contributed by atoms with Crippen molar-refractivity contribution in [3.63, 3.8) is 0 Å². The van der Waals surface area contributed by atoms with Gasteiger partial charge in [-0.05, 0) is 11.1 Å². The Bertz CT molecular complexity index is 554. The molecule has 0 saturated carbocycles. The molecule has 0 radical (unpaired) electrons. The van der Waals surface area contributed by atoms with E-state index < -0.39 is 0 Å². The van der Waals surface area contributed by atoms with Crippen LogP contribution in [0.25, 0.3) is 0 Å². The SMILES string of the molecule is COC(=O)CC(OCc1ccccc1)c1ccccc1.OCCO. The Balaban J connectivity index is 0.000000648. The number of rotatable bonds is 7. The van der Waals surface area contributed by atoms with E-state index in [1.165, 1.54) is 7.11 Å². The molecule has 0 aromatic heterocycles. The summed E-state index contributed by atoms with van der Waals surface area (Å²) in [6.45, 7) is 0.220. The van der Waals surface area contributed by atoms with Crippen LogP contribution in [0.1, 0.15) is 23.7 Å². The molecule has 2 N–H and O–H groups in total. The van der Waals surface area contributed by atoms with E-state index in [2.05, 4.69) is 0 Å². The third kappa shape index (κ3) is 7.87. The minimum absolute atomic E-state index is 0.125. The second-order valence-electron chi connectivity index (χ2n) is 4.92. The molecule has 0 fully saturated rings. The molecular formula is C19H24O5. The zero-order valence-electron chi connectivity index (χ0n) is 13.8. The van der Waals surface area contributed by atoms with Gasteiger partial charge in [0.2, 0.25) is 0 Å². The molecule has 0 heterocycles. The van der Waals surface area contributed by atoms with Crippen LogP contribution in [-0.2, 0) is 20.9 Å².